The summed E-state index contributed by atoms with van der Waals surface area (Å²) in [4.78, 5) is 37.2. The first-order valence-electron chi connectivity index (χ1n) is 28.9. The summed E-state index contributed by atoms with van der Waals surface area (Å²) in [5.74, 6) is -1.72. The third-order valence-electron chi connectivity index (χ3n) is 13.4. The van der Waals surface area contributed by atoms with Crippen molar-refractivity contribution in [3.8, 4) is 0 Å². The van der Waals surface area contributed by atoms with Gasteiger partial charge in [-0.1, -0.05) is 250 Å². The van der Waals surface area contributed by atoms with Crippen molar-refractivity contribution in [3.63, 3.8) is 0 Å². The zero-order valence-electron chi connectivity index (χ0n) is 45.1. The molecule has 394 valence electrons. The SMILES string of the molecule is CCCCCC/C=C/C=C/CCCCCCCCCCCCC(=O)OCC(COCCC(C(=O)[O-])[N+](C)(C)C)OC(=O)CCCCCCCCCCCCCCCCCCCCCCCCC. The summed E-state index contributed by atoms with van der Waals surface area (Å²) in [7, 11) is 5.43. The van der Waals surface area contributed by atoms with Crippen molar-refractivity contribution < 1.29 is 38.2 Å². The third-order valence-corrected chi connectivity index (χ3v) is 13.4. The van der Waals surface area contributed by atoms with Crippen LogP contribution in [-0.4, -0.2) is 75.5 Å². The number of carboxylic acid groups (broad SMARTS) is 1. The summed E-state index contributed by atoms with van der Waals surface area (Å²) >= 11 is 0. The smallest absolute Gasteiger partial charge is 0.306 e. The molecule has 2 unspecified atom stereocenters. The van der Waals surface area contributed by atoms with Crippen LogP contribution in [-0.2, 0) is 28.6 Å². The first-order valence-corrected chi connectivity index (χ1v) is 28.9. The van der Waals surface area contributed by atoms with Crippen LogP contribution >= 0.6 is 0 Å². The van der Waals surface area contributed by atoms with Gasteiger partial charge in [-0.15, -0.1) is 0 Å². The van der Waals surface area contributed by atoms with E-state index in [1.54, 1.807) is 0 Å². The van der Waals surface area contributed by atoms with Gasteiger partial charge < -0.3 is 28.6 Å². The third kappa shape index (κ3) is 48.6. The summed E-state index contributed by atoms with van der Waals surface area (Å²) < 4.78 is 17.3. The molecule has 0 spiro atoms. The Morgan fingerprint density at radius 2 is 0.776 bits per heavy atom. The molecule has 0 aliphatic rings. The Hall–Kier alpha value is -2.19. The van der Waals surface area contributed by atoms with Crippen LogP contribution in [0, 0.1) is 0 Å². The molecule has 0 N–H and O–H groups in total. The monoisotopic (exact) mass is 946 g/mol. The van der Waals surface area contributed by atoms with Gasteiger partial charge in [0.15, 0.2) is 6.10 Å². The summed E-state index contributed by atoms with van der Waals surface area (Å²) in [6.45, 7) is 4.70. The van der Waals surface area contributed by atoms with Crippen LogP contribution in [0.4, 0.5) is 0 Å². The first kappa shape index (κ1) is 64.8. The lowest BCUT2D eigenvalue weighted by atomic mass is 10.0. The normalized spacial score (nSPS) is 12.9. The first-order chi connectivity index (χ1) is 32.6. The summed E-state index contributed by atoms with van der Waals surface area (Å²) in [6.07, 6.45) is 59.3. The minimum atomic E-state index is -1.12. The molecule has 0 aliphatic heterocycles. The van der Waals surface area contributed by atoms with E-state index in [1.165, 1.54) is 212 Å². The molecule has 0 aliphatic carbocycles. The molecule has 0 aromatic heterocycles. The van der Waals surface area contributed by atoms with E-state index in [4.69, 9.17) is 14.2 Å². The fourth-order valence-electron chi connectivity index (χ4n) is 8.89. The van der Waals surface area contributed by atoms with Gasteiger partial charge in [-0.25, -0.2) is 0 Å². The van der Waals surface area contributed by atoms with Crippen molar-refractivity contribution in [2.45, 2.75) is 296 Å². The second-order valence-corrected chi connectivity index (χ2v) is 20.9. The van der Waals surface area contributed by atoms with Crippen molar-refractivity contribution in [2.75, 3.05) is 41.0 Å². The van der Waals surface area contributed by atoms with E-state index in [0.29, 0.717) is 12.8 Å². The molecule has 0 rings (SSSR count). The summed E-state index contributed by atoms with van der Waals surface area (Å²) in [6, 6.07) is -0.724. The number of esters is 2. The molecule has 0 aromatic rings. The van der Waals surface area contributed by atoms with E-state index >= 15 is 0 Å². The minimum Gasteiger partial charge on any atom is -0.544 e. The topological polar surface area (TPSA) is 102 Å². The maximum absolute atomic E-state index is 12.8. The molecule has 0 amide bonds. The van der Waals surface area contributed by atoms with Crippen LogP contribution in [0.1, 0.15) is 284 Å². The molecule has 8 nitrogen and oxygen atoms in total. The molecule has 0 saturated carbocycles. The van der Waals surface area contributed by atoms with E-state index in [0.717, 1.165) is 38.5 Å². The standard InChI is InChI=1S/C59H111NO7/c1-6-8-10-12-14-16-18-20-22-24-26-28-29-30-32-34-36-38-40-42-44-46-48-50-58(62)67-55(53-65-52-51-56(59(63)64)60(3,4)5)54-66-57(61)49-47-45-43-41-39-37-35-33-31-27-25-23-21-19-17-15-13-11-9-7-2/h17,19,21,23,55-56H,6-16,18,20,22,24-54H2,1-5H3/b19-17+,23-21+. The van der Waals surface area contributed by atoms with Crippen molar-refractivity contribution in [3.05, 3.63) is 24.3 Å². The Bertz CT molecular complexity index is 1150. The number of unbranched alkanes of at least 4 members (excludes halogenated alkanes) is 36. The van der Waals surface area contributed by atoms with E-state index in [-0.39, 0.29) is 42.7 Å². The lowest BCUT2D eigenvalue weighted by Crippen LogP contribution is -2.55. The molecule has 0 aromatic carbocycles. The van der Waals surface area contributed by atoms with E-state index in [9.17, 15) is 19.5 Å². The number of carboxylic acids is 1. The lowest BCUT2D eigenvalue weighted by molar-refractivity contribution is -0.889. The van der Waals surface area contributed by atoms with Gasteiger partial charge in [0.05, 0.1) is 40.3 Å². The van der Waals surface area contributed by atoms with Crippen LogP contribution in [0.15, 0.2) is 24.3 Å². The Morgan fingerprint density at radius 3 is 1.13 bits per heavy atom. The number of rotatable bonds is 53. The number of carbonyl (C=O) groups is 3. The number of ether oxygens (including phenoxy) is 3. The van der Waals surface area contributed by atoms with Crippen LogP contribution in [0.3, 0.4) is 0 Å². The highest BCUT2D eigenvalue weighted by Crippen LogP contribution is 2.17. The number of likely N-dealkylation sites (N-methyl/N-ethyl adjacent to an activating group) is 1. The Labute approximate surface area is 415 Å². The largest absolute Gasteiger partial charge is 0.544 e. The molecular formula is C59H111NO7. The highest BCUT2D eigenvalue weighted by atomic mass is 16.6. The number of hydrogen-bond acceptors (Lipinski definition) is 7. The van der Waals surface area contributed by atoms with Crippen molar-refractivity contribution >= 4 is 17.9 Å². The average Bonchev–Trinajstić information content (AvgIpc) is 3.29. The molecule has 0 saturated heterocycles. The number of quaternary nitrogens is 1. The summed E-state index contributed by atoms with van der Waals surface area (Å²) in [5.41, 5.74) is 0. The number of carbonyl (C=O) groups excluding carboxylic acids is 3. The van der Waals surface area contributed by atoms with Crippen molar-refractivity contribution in [2.24, 2.45) is 0 Å². The maximum Gasteiger partial charge on any atom is 0.306 e. The second kappa shape index (κ2) is 50.2. The van der Waals surface area contributed by atoms with Crippen LogP contribution < -0.4 is 5.11 Å². The molecule has 0 radical (unpaired) electrons. The molecule has 8 heteroatoms. The number of aliphatic carboxylic acids is 1. The Morgan fingerprint density at radius 1 is 0.448 bits per heavy atom. The van der Waals surface area contributed by atoms with Gasteiger partial charge in [0.2, 0.25) is 0 Å². The Kier molecular flexibility index (Phi) is 48.6. The van der Waals surface area contributed by atoms with Gasteiger partial charge in [-0.2, -0.15) is 0 Å². The second-order valence-electron chi connectivity index (χ2n) is 20.9. The van der Waals surface area contributed by atoms with Gasteiger partial charge in [0, 0.05) is 19.3 Å². The van der Waals surface area contributed by atoms with E-state index in [1.807, 2.05) is 21.1 Å². The molecule has 2 atom stereocenters. The zero-order valence-corrected chi connectivity index (χ0v) is 45.1. The van der Waals surface area contributed by atoms with Gasteiger partial charge in [-0.05, 0) is 38.5 Å². The van der Waals surface area contributed by atoms with E-state index < -0.39 is 18.1 Å². The number of nitrogens with zero attached hydrogens (tertiary/aromatic N) is 1. The van der Waals surface area contributed by atoms with Crippen molar-refractivity contribution in [1.82, 2.24) is 0 Å². The van der Waals surface area contributed by atoms with Crippen molar-refractivity contribution in [1.29, 1.82) is 0 Å². The number of allylic oxidation sites excluding steroid dienone is 4. The lowest BCUT2D eigenvalue weighted by Gasteiger charge is -2.34. The fourth-order valence-corrected chi connectivity index (χ4v) is 8.89. The maximum atomic E-state index is 12.8. The quantitative estimate of drug-likeness (QED) is 0.0259. The van der Waals surface area contributed by atoms with Gasteiger partial charge in [0.1, 0.15) is 12.6 Å². The fraction of sp³-hybridized carbons (Fsp3) is 0.881. The van der Waals surface area contributed by atoms with Gasteiger partial charge in [-0.3, -0.25) is 9.59 Å². The predicted molar refractivity (Wildman–Crippen MR) is 282 cm³/mol. The van der Waals surface area contributed by atoms with Crippen LogP contribution in [0.2, 0.25) is 0 Å². The van der Waals surface area contributed by atoms with Gasteiger partial charge in [0.25, 0.3) is 0 Å². The highest BCUT2D eigenvalue weighted by Gasteiger charge is 2.25. The zero-order chi connectivity index (χ0) is 49.2. The Balaban J connectivity index is 4.13. The highest BCUT2D eigenvalue weighted by molar-refractivity contribution is 5.70. The number of hydrogen-bond donors (Lipinski definition) is 0. The average molecular weight is 947 g/mol. The molecule has 0 fully saturated rings. The molecular weight excluding hydrogens is 835 g/mol. The molecule has 67 heavy (non-hydrogen) atoms. The van der Waals surface area contributed by atoms with E-state index in [2.05, 4.69) is 38.2 Å². The molecule has 0 bridgehead atoms. The van der Waals surface area contributed by atoms with Crippen LogP contribution in [0.25, 0.3) is 0 Å². The van der Waals surface area contributed by atoms with Crippen LogP contribution in [0.5, 0.6) is 0 Å². The summed E-state index contributed by atoms with van der Waals surface area (Å²) in [5, 5.41) is 11.7. The molecule has 0 heterocycles. The van der Waals surface area contributed by atoms with Gasteiger partial charge >= 0.3 is 11.9 Å². The minimum absolute atomic E-state index is 0.0449. The predicted octanol–water partition coefficient (Wildman–Crippen LogP) is 15.8.